The molecule has 1 aromatic carbocycles. The van der Waals surface area contributed by atoms with Crippen molar-refractivity contribution in [2.45, 2.75) is 26.3 Å². The molecule has 100 valence electrons. The van der Waals surface area contributed by atoms with E-state index >= 15 is 0 Å². The molecule has 4 nitrogen and oxygen atoms in total. The first-order valence-corrected chi connectivity index (χ1v) is 6.29. The van der Waals surface area contributed by atoms with Gasteiger partial charge in [0.15, 0.2) is 0 Å². The van der Waals surface area contributed by atoms with Gasteiger partial charge in [0, 0.05) is 0 Å². The molecular formula is C14H21NO3. The summed E-state index contributed by atoms with van der Waals surface area (Å²) in [5, 5.41) is 2.95. The average molecular weight is 251 g/mol. The van der Waals surface area contributed by atoms with E-state index in [0.29, 0.717) is 13.2 Å². The third-order valence-corrected chi connectivity index (χ3v) is 2.50. The number of benzene rings is 1. The Morgan fingerprint density at radius 1 is 1.28 bits per heavy atom. The minimum atomic E-state index is -0.426. The first-order chi connectivity index (χ1) is 8.72. The van der Waals surface area contributed by atoms with Crippen LogP contribution in [0.2, 0.25) is 0 Å². The molecule has 0 aliphatic carbocycles. The van der Waals surface area contributed by atoms with Crippen LogP contribution in [0.3, 0.4) is 0 Å². The summed E-state index contributed by atoms with van der Waals surface area (Å²) in [7, 11) is 1.74. The van der Waals surface area contributed by atoms with Crippen LogP contribution in [-0.2, 0) is 9.53 Å². The van der Waals surface area contributed by atoms with E-state index in [9.17, 15) is 4.79 Å². The third kappa shape index (κ3) is 4.04. The van der Waals surface area contributed by atoms with Crippen LogP contribution in [-0.4, -0.2) is 26.2 Å². The van der Waals surface area contributed by atoms with E-state index in [0.717, 1.165) is 17.7 Å². The second-order valence-electron chi connectivity index (χ2n) is 3.89. The van der Waals surface area contributed by atoms with Crippen molar-refractivity contribution in [3.8, 4) is 5.75 Å². The lowest BCUT2D eigenvalue weighted by atomic mass is 10.1. The van der Waals surface area contributed by atoms with Crippen molar-refractivity contribution in [1.29, 1.82) is 0 Å². The molecule has 0 spiro atoms. The first kappa shape index (κ1) is 14.5. The second-order valence-corrected chi connectivity index (χ2v) is 3.89. The van der Waals surface area contributed by atoms with Crippen molar-refractivity contribution in [1.82, 2.24) is 5.32 Å². The summed E-state index contributed by atoms with van der Waals surface area (Å²) < 4.78 is 10.5. The molecule has 0 radical (unpaired) electrons. The zero-order valence-corrected chi connectivity index (χ0v) is 11.2. The van der Waals surface area contributed by atoms with Crippen LogP contribution < -0.4 is 10.1 Å². The molecule has 1 N–H and O–H groups in total. The van der Waals surface area contributed by atoms with Crippen LogP contribution in [0.4, 0.5) is 0 Å². The number of ether oxygens (including phenoxy) is 2. The molecule has 0 saturated heterocycles. The molecule has 0 aromatic heterocycles. The molecule has 0 aliphatic heterocycles. The van der Waals surface area contributed by atoms with Crippen molar-refractivity contribution in [3.63, 3.8) is 0 Å². The van der Waals surface area contributed by atoms with Gasteiger partial charge in [-0.2, -0.15) is 0 Å². The van der Waals surface area contributed by atoms with Gasteiger partial charge in [-0.3, -0.25) is 0 Å². The molecule has 0 aliphatic rings. The van der Waals surface area contributed by atoms with Gasteiger partial charge in [-0.05, 0) is 38.1 Å². The maximum atomic E-state index is 11.7. The van der Waals surface area contributed by atoms with Crippen LogP contribution in [0.25, 0.3) is 0 Å². The SMILES string of the molecule is CCCOc1ccc(C(NC)C(=O)OCC)cc1. The second kappa shape index (κ2) is 7.71. The Balaban J connectivity index is 2.72. The van der Waals surface area contributed by atoms with Gasteiger partial charge < -0.3 is 14.8 Å². The summed E-state index contributed by atoms with van der Waals surface area (Å²) in [6.07, 6.45) is 0.976. The van der Waals surface area contributed by atoms with Gasteiger partial charge >= 0.3 is 5.97 Å². The molecule has 0 heterocycles. The van der Waals surface area contributed by atoms with Crippen LogP contribution in [0.5, 0.6) is 5.75 Å². The largest absolute Gasteiger partial charge is 0.494 e. The van der Waals surface area contributed by atoms with Crippen molar-refractivity contribution in [2.75, 3.05) is 20.3 Å². The van der Waals surface area contributed by atoms with E-state index in [4.69, 9.17) is 9.47 Å². The van der Waals surface area contributed by atoms with Crippen LogP contribution in [0.1, 0.15) is 31.9 Å². The summed E-state index contributed by atoms with van der Waals surface area (Å²) in [6, 6.07) is 7.07. The van der Waals surface area contributed by atoms with Gasteiger partial charge in [0.05, 0.1) is 13.2 Å². The van der Waals surface area contributed by atoms with E-state index in [1.807, 2.05) is 24.3 Å². The first-order valence-electron chi connectivity index (χ1n) is 6.29. The number of hydrogen-bond acceptors (Lipinski definition) is 4. The highest BCUT2D eigenvalue weighted by molar-refractivity contribution is 5.77. The van der Waals surface area contributed by atoms with Crippen molar-refractivity contribution in [3.05, 3.63) is 29.8 Å². The summed E-state index contributed by atoms with van der Waals surface area (Å²) in [4.78, 5) is 11.7. The van der Waals surface area contributed by atoms with Gasteiger partial charge in [-0.25, -0.2) is 4.79 Å². The minimum absolute atomic E-state index is 0.262. The predicted molar refractivity (Wildman–Crippen MR) is 70.7 cm³/mol. The molecule has 4 heteroatoms. The summed E-state index contributed by atoms with van der Waals surface area (Å²) in [5.41, 5.74) is 0.875. The zero-order valence-electron chi connectivity index (χ0n) is 11.2. The Bertz CT molecular complexity index is 362. The Kier molecular flexibility index (Phi) is 6.22. The lowest BCUT2D eigenvalue weighted by Crippen LogP contribution is -2.27. The summed E-state index contributed by atoms with van der Waals surface area (Å²) >= 11 is 0. The number of carbonyl (C=O) groups is 1. The van der Waals surface area contributed by atoms with Gasteiger partial charge in [-0.15, -0.1) is 0 Å². The standard InChI is InChI=1S/C14H21NO3/c1-4-10-18-12-8-6-11(7-9-12)13(15-3)14(16)17-5-2/h6-9,13,15H,4-5,10H2,1-3H3. The number of hydrogen-bond donors (Lipinski definition) is 1. The lowest BCUT2D eigenvalue weighted by molar-refractivity contribution is -0.145. The number of carbonyl (C=O) groups excluding carboxylic acids is 1. The highest BCUT2D eigenvalue weighted by Gasteiger charge is 2.19. The number of nitrogens with one attached hydrogen (secondary N) is 1. The molecule has 18 heavy (non-hydrogen) atoms. The van der Waals surface area contributed by atoms with Crippen molar-refractivity contribution < 1.29 is 14.3 Å². The maximum absolute atomic E-state index is 11.7. The molecule has 0 fully saturated rings. The fourth-order valence-electron chi connectivity index (χ4n) is 1.62. The molecule has 1 aromatic rings. The van der Waals surface area contributed by atoms with E-state index in [2.05, 4.69) is 12.2 Å². The third-order valence-electron chi connectivity index (χ3n) is 2.50. The van der Waals surface area contributed by atoms with E-state index in [1.165, 1.54) is 0 Å². The predicted octanol–water partition coefficient (Wildman–Crippen LogP) is 2.30. The van der Waals surface area contributed by atoms with Gasteiger partial charge in [0.2, 0.25) is 0 Å². The number of rotatable bonds is 7. The zero-order chi connectivity index (χ0) is 13.4. The number of esters is 1. The number of likely N-dealkylation sites (N-methyl/N-ethyl adjacent to an activating group) is 1. The van der Waals surface area contributed by atoms with E-state index < -0.39 is 6.04 Å². The minimum Gasteiger partial charge on any atom is -0.494 e. The molecule has 1 rings (SSSR count). The molecule has 0 bridgehead atoms. The van der Waals surface area contributed by atoms with Gasteiger partial charge in [0.25, 0.3) is 0 Å². The Morgan fingerprint density at radius 3 is 2.44 bits per heavy atom. The Hall–Kier alpha value is -1.55. The van der Waals surface area contributed by atoms with E-state index in [-0.39, 0.29) is 5.97 Å². The average Bonchev–Trinajstić information content (AvgIpc) is 2.39. The lowest BCUT2D eigenvalue weighted by Gasteiger charge is -2.15. The van der Waals surface area contributed by atoms with Crippen LogP contribution in [0, 0.1) is 0 Å². The van der Waals surface area contributed by atoms with E-state index in [1.54, 1.807) is 14.0 Å². The molecule has 0 saturated carbocycles. The normalized spacial score (nSPS) is 11.9. The fourth-order valence-corrected chi connectivity index (χ4v) is 1.62. The highest BCUT2D eigenvalue weighted by atomic mass is 16.5. The smallest absolute Gasteiger partial charge is 0.327 e. The topological polar surface area (TPSA) is 47.6 Å². The summed E-state index contributed by atoms with van der Waals surface area (Å²) in [6.45, 7) is 4.94. The summed E-state index contributed by atoms with van der Waals surface area (Å²) in [5.74, 6) is 0.557. The van der Waals surface area contributed by atoms with Crippen LogP contribution in [0.15, 0.2) is 24.3 Å². The van der Waals surface area contributed by atoms with Crippen molar-refractivity contribution in [2.24, 2.45) is 0 Å². The van der Waals surface area contributed by atoms with Crippen LogP contribution >= 0.6 is 0 Å². The highest BCUT2D eigenvalue weighted by Crippen LogP contribution is 2.19. The quantitative estimate of drug-likeness (QED) is 0.755. The molecular weight excluding hydrogens is 230 g/mol. The molecule has 0 amide bonds. The van der Waals surface area contributed by atoms with Gasteiger partial charge in [-0.1, -0.05) is 19.1 Å². The van der Waals surface area contributed by atoms with Gasteiger partial charge in [0.1, 0.15) is 11.8 Å². The Labute approximate surface area is 108 Å². The molecule has 1 atom stereocenters. The fraction of sp³-hybridized carbons (Fsp3) is 0.500. The van der Waals surface area contributed by atoms with Crippen molar-refractivity contribution >= 4 is 5.97 Å². The maximum Gasteiger partial charge on any atom is 0.327 e. The molecule has 1 unspecified atom stereocenters. The Morgan fingerprint density at radius 2 is 1.94 bits per heavy atom. The monoisotopic (exact) mass is 251 g/mol.